The van der Waals surface area contributed by atoms with Crippen LogP contribution in [0.1, 0.15) is 23.7 Å². The Balaban J connectivity index is 2.00. The quantitative estimate of drug-likeness (QED) is 0.806. The molecule has 0 aromatic heterocycles. The molecule has 1 fully saturated rings. The van der Waals surface area contributed by atoms with Crippen molar-refractivity contribution in [3.8, 4) is 0 Å². The average molecular weight is 287 g/mol. The molecule has 0 radical (unpaired) electrons. The van der Waals surface area contributed by atoms with Crippen molar-refractivity contribution in [2.75, 3.05) is 19.7 Å². The van der Waals surface area contributed by atoms with Crippen LogP contribution in [-0.4, -0.2) is 36.6 Å². The SMILES string of the molecule is CC1CN(C(=O)c2ccc(F)c3ccccc23)CCCO1. The zero-order valence-electron chi connectivity index (χ0n) is 12.0. The molecule has 3 rings (SSSR count). The predicted molar refractivity (Wildman–Crippen MR) is 79.8 cm³/mol. The Labute approximate surface area is 123 Å². The molecule has 0 aliphatic carbocycles. The minimum absolute atomic E-state index is 0.0307. The molecule has 1 atom stereocenters. The van der Waals surface area contributed by atoms with Gasteiger partial charge in [0.15, 0.2) is 0 Å². The van der Waals surface area contributed by atoms with Crippen molar-refractivity contribution in [3.63, 3.8) is 0 Å². The highest BCUT2D eigenvalue weighted by Gasteiger charge is 2.22. The molecule has 3 nitrogen and oxygen atoms in total. The number of rotatable bonds is 1. The average Bonchev–Trinajstić information content (AvgIpc) is 2.72. The van der Waals surface area contributed by atoms with Gasteiger partial charge in [0.05, 0.1) is 6.10 Å². The van der Waals surface area contributed by atoms with Crippen molar-refractivity contribution < 1.29 is 13.9 Å². The maximum atomic E-state index is 13.9. The normalized spacial score (nSPS) is 19.5. The van der Waals surface area contributed by atoms with Gasteiger partial charge >= 0.3 is 0 Å². The van der Waals surface area contributed by atoms with E-state index in [0.717, 1.165) is 6.42 Å². The molecule has 2 aromatic carbocycles. The lowest BCUT2D eigenvalue weighted by atomic mass is 10.0. The number of amides is 1. The molecule has 1 unspecified atom stereocenters. The van der Waals surface area contributed by atoms with Crippen LogP contribution < -0.4 is 0 Å². The Bertz CT molecular complexity index is 671. The number of hydrogen-bond donors (Lipinski definition) is 0. The van der Waals surface area contributed by atoms with E-state index in [9.17, 15) is 9.18 Å². The van der Waals surface area contributed by atoms with E-state index in [1.54, 1.807) is 29.2 Å². The molecule has 21 heavy (non-hydrogen) atoms. The van der Waals surface area contributed by atoms with Crippen molar-refractivity contribution in [2.24, 2.45) is 0 Å². The number of hydrogen-bond acceptors (Lipinski definition) is 2. The number of ether oxygens (including phenoxy) is 1. The summed E-state index contributed by atoms with van der Waals surface area (Å²) < 4.78 is 19.4. The van der Waals surface area contributed by atoms with E-state index in [0.29, 0.717) is 36.0 Å². The number of halogens is 1. The Morgan fingerprint density at radius 3 is 2.81 bits per heavy atom. The number of nitrogens with zero attached hydrogens (tertiary/aromatic N) is 1. The van der Waals surface area contributed by atoms with Gasteiger partial charge in [-0.1, -0.05) is 24.3 Å². The Morgan fingerprint density at radius 2 is 2.00 bits per heavy atom. The molecule has 0 bridgehead atoms. The van der Waals surface area contributed by atoms with Crippen LogP contribution in [0.15, 0.2) is 36.4 Å². The van der Waals surface area contributed by atoms with Crippen molar-refractivity contribution in [2.45, 2.75) is 19.4 Å². The number of fused-ring (bicyclic) bond motifs is 1. The van der Waals surface area contributed by atoms with Gasteiger partial charge in [0.2, 0.25) is 0 Å². The highest BCUT2D eigenvalue weighted by Crippen LogP contribution is 2.23. The molecule has 1 amide bonds. The third-order valence-electron chi connectivity index (χ3n) is 3.84. The zero-order chi connectivity index (χ0) is 14.8. The summed E-state index contributed by atoms with van der Waals surface area (Å²) in [5.41, 5.74) is 0.557. The first kappa shape index (κ1) is 14.0. The first-order valence-electron chi connectivity index (χ1n) is 7.25. The van der Waals surface area contributed by atoms with Gasteiger partial charge in [-0.25, -0.2) is 4.39 Å². The van der Waals surface area contributed by atoms with E-state index in [2.05, 4.69) is 0 Å². The summed E-state index contributed by atoms with van der Waals surface area (Å²) in [5, 5.41) is 1.16. The smallest absolute Gasteiger partial charge is 0.254 e. The van der Waals surface area contributed by atoms with Gasteiger partial charge in [-0.15, -0.1) is 0 Å². The van der Waals surface area contributed by atoms with E-state index in [1.807, 2.05) is 13.0 Å². The van der Waals surface area contributed by atoms with Gasteiger partial charge in [-0.2, -0.15) is 0 Å². The number of carbonyl (C=O) groups excluding carboxylic acids is 1. The van der Waals surface area contributed by atoms with Crippen molar-refractivity contribution in [1.82, 2.24) is 4.90 Å². The van der Waals surface area contributed by atoms with Gasteiger partial charge in [-0.05, 0) is 30.9 Å². The third kappa shape index (κ3) is 2.76. The molecule has 0 saturated carbocycles. The van der Waals surface area contributed by atoms with E-state index in [-0.39, 0.29) is 17.8 Å². The molecule has 0 spiro atoms. The second kappa shape index (κ2) is 5.82. The molecule has 2 aromatic rings. The summed E-state index contributed by atoms with van der Waals surface area (Å²) in [6, 6.07) is 10.1. The molecular formula is C17H18FNO2. The molecular weight excluding hydrogens is 269 g/mol. The van der Waals surface area contributed by atoms with Gasteiger partial charge in [-0.3, -0.25) is 4.79 Å². The number of benzene rings is 2. The first-order chi connectivity index (χ1) is 10.2. The van der Waals surface area contributed by atoms with Crippen LogP contribution in [0.3, 0.4) is 0 Å². The van der Waals surface area contributed by atoms with Gasteiger partial charge in [0.1, 0.15) is 5.82 Å². The maximum Gasteiger partial charge on any atom is 0.254 e. The lowest BCUT2D eigenvalue weighted by Gasteiger charge is -2.23. The summed E-state index contributed by atoms with van der Waals surface area (Å²) in [6.07, 6.45) is 0.859. The number of carbonyl (C=O) groups is 1. The minimum atomic E-state index is -0.297. The van der Waals surface area contributed by atoms with Gasteiger partial charge < -0.3 is 9.64 Å². The lowest BCUT2D eigenvalue weighted by Crippen LogP contribution is -2.36. The first-order valence-corrected chi connectivity index (χ1v) is 7.25. The minimum Gasteiger partial charge on any atom is -0.377 e. The highest BCUT2D eigenvalue weighted by molar-refractivity contribution is 6.07. The second-order valence-electron chi connectivity index (χ2n) is 5.43. The Hall–Kier alpha value is -1.94. The zero-order valence-corrected chi connectivity index (χ0v) is 12.0. The summed E-state index contributed by atoms with van der Waals surface area (Å²) in [7, 11) is 0. The molecule has 1 saturated heterocycles. The Kier molecular flexibility index (Phi) is 3.88. The van der Waals surface area contributed by atoms with Crippen LogP contribution in [-0.2, 0) is 4.74 Å². The van der Waals surface area contributed by atoms with Crippen molar-refractivity contribution in [3.05, 3.63) is 47.8 Å². The largest absolute Gasteiger partial charge is 0.377 e. The van der Waals surface area contributed by atoms with E-state index >= 15 is 0 Å². The van der Waals surface area contributed by atoms with Crippen molar-refractivity contribution in [1.29, 1.82) is 0 Å². The fraction of sp³-hybridized carbons (Fsp3) is 0.353. The fourth-order valence-corrected chi connectivity index (χ4v) is 2.80. The predicted octanol–water partition coefficient (Wildman–Crippen LogP) is 3.23. The van der Waals surface area contributed by atoms with E-state index < -0.39 is 0 Å². The Morgan fingerprint density at radius 1 is 1.24 bits per heavy atom. The molecule has 0 N–H and O–H groups in total. The summed E-state index contributed by atoms with van der Waals surface area (Å²) in [6.45, 7) is 3.89. The van der Waals surface area contributed by atoms with Crippen LogP contribution in [0.4, 0.5) is 4.39 Å². The lowest BCUT2D eigenvalue weighted by molar-refractivity contribution is 0.0564. The van der Waals surface area contributed by atoms with Gasteiger partial charge in [0.25, 0.3) is 5.91 Å². The fourth-order valence-electron chi connectivity index (χ4n) is 2.80. The van der Waals surface area contributed by atoms with Crippen molar-refractivity contribution >= 4 is 16.7 Å². The van der Waals surface area contributed by atoms with Crippen LogP contribution in [0, 0.1) is 5.82 Å². The molecule has 1 aliphatic rings. The molecule has 110 valence electrons. The monoisotopic (exact) mass is 287 g/mol. The van der Waals surface area contributed by atoms with Crippen LogP contribution >= 0.6 is 0 Å². The van der Waals surface area contributed by atoms with E-state index in [4.69, 9.17) is 4.74 Å². The summed E-state index contributed by atoms with van der Waals surface area (Å²) >= 11 is 0. The maximum absolute atomic E-state index is 13.9. The van der Waals surface area contributed by atoms with Crippen LogP contribution in [0.25, 0.3) is 10.8 Å². The summed E-state index contributed by atoms with van der Waals surface area (Å²) in [5.74, 6) is -0.349. The van der Waals surface area contributed by atoms with Crippen LogP contribution in [0.2, 0.25) is 0 Å². The highest BCUT2D eigenvalue weighted by atomic mass is 19.1. The second-order valence-corrected chi connectivity index (χ2v) is 5.43. The van der Waals surface area contributed by atoms with Crippen LogP contribution in [0.5, 0.6) is 0 Å². The van der Waals surface area contributed by atoms with E-state index in [1.165, 1.54) is 6.07 Å². The molecule has 1 heterocycles. The standard InChI is InChI=1S/C17H18FNO2/c1-12-11-19(9-4-10-21-12)17(20)15-7-8-16(18)14-6-3-2-5-13(14)15/h2-3,5-8,12H,4,9-11H2,1H3. The topological polar surface area (TPSA) is 29.5 Å². The summed E-state index contributed by atoms with van der Waals surface area (Å²) in [4.78, 5) is 14.6. The van der Waals surface area contributed by atoms with Gasteiger partial charge in [0, 0.05) is 30.6 Å². The molecule has 4 heteroatoms. The third-order valence-corrected chi connectivity index (χ3v) is 3.84. The molecule has 1 aliphatic heterocycles.